The van der Waals surface area contributed by atoms with E-state index in [2.05, 4.69) is 12.2 Å². The number of nitrogens with zero attached hydrogens (tertiary/aromatic N) is 2. The molecular formula is C17H26ClN3O3S. The first kappa shape index (κ1) is 20.2. The van der Waals surface area contributed by atoms with Gasteiger partial charge >= 0.3 is 0 Å². The lowest BCUT2D eigenvalue weighted by molar-refractivity contribution is -0.123. The predicted molar refractivity (Wildman–Crippen MR) is 99.2 cm³/mol. The minimum absolute atomic E-state index is 0.00732. The number of rotatable bonds is 7. The van der Waals surface area contributed by atoms with Crippen molar-refractivity contribution in [2.45, 2.75) is 37.6 Å². The van der Waals surface area contributed by atoms with Crippen molar-refractivity contribution in [1.29, 1.82) is 0 Å². The number of benzene rings is 1. The van der Waals surface area contributed by atoms with Crippen molar-refractivity contribution in [3.05, 3.63) is 29.3 Å². The van der Waals surface area contributed by atoms with Crippen LogP contribution in [0.1, 0.15) is 26.7 Å². The smallest absolute Gasteiger partial charge is 0.243 e. The predicted octanol–water partition coefficient (Wildman–Crippen LogP) is 1.95. The fourth-order valence-corrected chi connectivity index (χ4v) is 4.66. The Kier molecular flexibility index (Phi) is 7.25. The molecule has 0 aromatic heterocycles. The van der Waals surface area contributed by atoms with E-state index in [-0.39, 0.29) is 16.8 Å². The van der Waals surface area contributed by atoms with Crippen LogP contribution in [0.15, 0.2) is 29.2 Å². The van der Waals surface area contributed by atoms with Crippen LogP contribution in [0, 0.1) is 0 Å². The molecule has 1 aliphatic heterocycles. The summed E-state index contributed by atoms with van der Waals surface area (Å²) in [5, 5.41) is 3.38. The molecule has 1 heterocycles. The van der Waals surface area contributed by atoms with E-state index in [1.165, 1.54) is 10.4 Å². The second-order valence-corrected chi connectivity index (χ2v) is 8.77. The summed E-state index contributed by atoms with van der Waals surface area (Å²) in [7, 11) is -3.54. The molecular weight excluding hydrogens is 362 g/mol. The molecule has 6 nitrogen and oxygen atoms in total. The average molecular weight is 388 g/mol. The Bertz CT molecular complexity index is 688. The Morgan fingerprint density at radius 1 is 1.28 bits per heavy atom. The Labute approximate surface area is 155 Å². The second kappa shape index (κ2) is 8.98. The zero-order chi connectivity index (χ0) is 18.4. The second-order valence-electron chi connectivity index (χ2n) is 6.39. The van der Waals surface area contributed by atoms with Crippen LogP contribution in [0.4, 0.5) is 0 Å². The van der Waals surface area contributed by atoms with Crippen LogP contribution in [0.2, 0.25) is 5.02 Å². The molecule has 0 radical (unpaired) electrons. The maximum Gasteiger partial charge on any atom is 0.243 e. The van der Waals surface area contributed by atoms with Crippen molar-refractivity contribution < 1.29 is 13.2 Å². The number of hydrogen-bond acceptors (Lipinski definition) is 4. The van der Waals surface area contributed by atoms with E-state index in [9.17, 15) is 13.2 Å². The Morgan fingerprint density at radius 3 is 2.56 bits per heavy atom. The minimum atomic E-state index is -3.54. The molecule has 0 bridgehead atoms. The van der Waals surface area contributed by atoms with Crippen LogP contribution in [0.3, 0.4) is 0 Å². The fraction of sp³-hybridized carbons (Fsp3) is 0.588. The van der Waals surface area contributed by atoms with Crippen LogP contribution in [-0.4, -0.2) is 62.3 Å². The SMILES string of the molecule is CCC[C@@H](C)NC(=O)CN1CCN(S(=O)(=O)c2cccc(Cl)c2)CC1. The highest BCUT2D eigenvalue weighted by Crippen LogP contribution is 2.20. The first-order chi connectivity index (χ1) is 11.8. The van der Waals surface area contributed by atoms with Crippen molar-refractivity contribution in [1.82, 2.24) is 14.5 Å². The standard InChI is InChI=1S/C17H26ClN3O3S/c1-3-5-14(2)19-17(22)13-20-8-10-21(11-9-20)25(23,24)16-7-4-6-15(18)12-16/h4,6-7,12,14H,3,5,8-11,13H2,1-2H3,(H,19,22)/t14-/m1/s1. The molecule has 25 heavy (non-hydrogen) atoms. The Morgan fingerprint density at radius 2 is 1.96 bits per heavy atom. The number of carbonyl (C=O) groups excluding carboxylic acids is 1. The van der Waals surface area contributed by atoms with E-state index in [0.29, 0.717) is 37.7 Å². The number of nitrogens with one attached hydrogen (secondary N) is 1. The summed E-state index contributed by atoms with van der Waals surface area (Å²) in [6, 6.07) is 6.47. The van der Waals surface area contributed by atoms with Gasteiger partial charge in [0.1, 0.15) is 0 Å². The van der Waals surface area contributed by atoms with Crippen LogP contribution < -0.4 is 5.32 Å². The maximum atomic E-state index is 12.7. The number of hydrogen-bond donors (Lipinski definition) is 1. The molecule has 2 rings (SSSR count). The molecule has 1 amide bonds. The molecule has 1 N–H and O–H groups in total. The summed E-state index contributed by atoms with van der Waals surface area (Å²) in [6.07, 6.45) is 1.98. The van der Waals surface area contributed by atoms with Gasteiger partial charge in [0.05, 0.1) is 11.4 Å². The first-order valence-electron chi connectivity index (χ1n) is 8.60. The lowest BCUT2D eigenvalue weighted by Gasteiger charge is -2.33. The molecule has 0 aliphatic carbocycles. The topological polar surface area (TPSA) is 69.7 Å². The number of amides is 1. The third-order valence-corrected chi connectivity index (χ3v) is 6.39. The van der Waals surface area contributed by atoms with Gasteiger partial charge < -0.3 is 5.32 Å². The van der Waals surface area contributed by atoms with Gasteiger partial charge in [-0.15, -0.1) is 0 Å². The van der Waals surface area contributed by atoms with Crippen molar-refractivity contribution in [3.63, 3.8) is 0 Å². The summed E-state index contributed by atoms with van der Waals surface area (Å²) in [4.78, 5) is 14.2. The van der Waals surface area contributed by atoms with Crippen molar-refractivity contribution in [3.8, 4) is 0 Å². The summed E-state index contributed by atoms with van der Waals surface area (Å²) in [5.74, 6) is -0.00732. The average Bonchev–Trinajstić information content (AvgIpc) is 2.55. The van der Waals surface area contributed by atoms with Gasteiger partial charge in [0.2, 0.25) is 15.9 Å². The van der Waals surface area contributed by atoms with Gasteiger partial charge in [-0.05, 0) is 31.5 Å². The number of piperazine rings is 1. The maximum absolute atomic E-state index is 12.7. The highest BCUT2D eigenvalue weighted by Gasteiger charge is 2.29. The van der Waals surface area contributed by atoms with Gasteiger partial charge in [0.15, 0.2) is 0 Å². The summed E-state index contributed by atoms with van der Waals surface area (Å²) in [5.41, 5.74) is 0. The van der Waals surface area contributed by atoms with Crippen molar-refractivity contribution in [2.75, 3.05) is 32.7 Å². The van der Waals surface area contributed by atoms with E-state index in [0.717, 1.165) is 12.8 Å². The molecule has 1 aliphatic rings. The minimum Gasteiger partial charge on any atom is -0.353 e. The van der Waals surface area contributed by atoms with Crippen molar-refractivity contribution >= 4 is 27.5 Å². The quantitative estimate of drug-likeness (QED) is 0.776. The van der Waals surface area contributed by atoms with Crippen LogP contribution >= 0.6 is 11.6 Å². The monoisotopic (exact) mass is 387 g/mol. The van der Waals surface area contributed by atoms with Gasteiger partial charge in [-0.2, -0.15) is 4.31 Å². The lowest BCUT2D eigenvalue weighted by Crippen LogP contribution is -2.51. The van der Waals surface area contributed by atoms with Gasteiger partial charge in [-0.25, -0.2) is 8.42 Å². The van der Waals surface area contributed by atoms with E-state index in [1.807, 2.05) is 11.8 Å². The highest BCUT2D eigenvalue weighted by molar-refractivity contribution is 7.89. The van der Waals surface area contributed by atoms with Gasteiger partial charge in [0, 0.05) is 37.2 Å². The van der Waals surface area contributed by atoms with Crippen LogP contribution in [0.5, 0.6) is 0 Å². The van der Waals surface area contributed by atoms with E-state index >= 15 is 0 Å². The molecule has 0 spiro atoms. The third-order valence-electron chi connectivity index (χ3n) is 4.26. The zero-order valence-corrected chi connectivity index (χ0v) is 16.3. The summed E-state index contributed by atoms with van der Waals surface area (Å²) in [6.45, 7) is 6.20. The third kappa shape index (κ3) is 5.67. The molecule has 0 unspecified atom stereocenters. The molecule has 1 aromatic rings. The zero-order valence-electron chi connectivity index (χ0n) is 14.7. The largest absolute Gasteiger partial charge is 0.353 e. The van der Waals surface area contributed by atoms with Crippen molar-refractivity contribution in [2.24, 2.45) is 0 Å². The van der Waals surface area contributed by atoms with E-state index in [1.54, 1.807) is 18.2 Å². The molecule has 0 saturated carbocycles. The normalized spacial score (nSPS) is 18.0. The van der Waals surface area contributed by atoms with Crippen LogP contribution in [-0.2, 0) is 14.8 Å². The molecule has 8 heteroatoms. The summed E-state index contributed by atoms with van der Waals surface area (Å²) < 4.78 is 26.8. The highest BCUT2D eigenvalue weighted by atomic mass is 35.5. The lowest BCUT2D eigenvalue weighted by atomic mass is 10.2. The molecule has 140 valence electrons. The first-order valence-corrected chi connectivity index (χ1v) is 10.4. The molecule has 1 saturated heterocycles. The van der Waals surface area contributed by atoms with E-state index in [4.69, 9.17) is 11.6 Å². The Hall–Kier alpha value is -1.15. The van der Waals surface area contributed by atoms with Gasteiger partial charge in [-0.3, -0.25) is 9.69 Å². The number of halogens is 1. The van der Waals surface area contributed by atoms with E-state index < -0.39 is 10.0 Å². The molecule has 1 aromatic carbocycles. The Balaban J connectivity index is 1.88. The number of carbonyl (C=O) groups is 1. The number of sulfonamides is 1. The van der Waals surface area contributed by atoms with Gasteiger partial charge in [0.25, 0.3) is 0 Å². The molecule has 1 fully saturated rings. The molecule has 1 atom stereocenters. The van der Waals surface area contributed by atoms with Crippen LogP contribution in [0.25, 0.3) is 0 Å². The fourth-order valence-electron chi connectivity index (χ4n) is 2.93. The summed E-state index contributed by atoms with van der Waals surface area (Å²) >= 11 is 5.90. The van der Waals surface area contributed by atoms with Gasteiger partial charge in [-0.1, -0.05) is 31.0 Å².